The molecule has 2 rings (SSSR count). The molecule has 0 bridgehead atoms. The van der Waals surface area contributed by atoms with Crippen LogP contribution in [-0.2, 0) is 15.6 Å². The van der Waals surface area contributed by atoms with E-state index in [9.17, 15) is 8.42 Å². The zero-order chi connectivity index (χ0) is 11.8. The fourth-order valence-electron chi connectivity index (χ4n) is 1.34. The SMILES string of the molecule is CS(=O)(=O)Cc1nnc2cc(C#N)ccn12. The van der Waals surface area contributed by atoms with Gasteiger partial charge in [0.25, 0.3) is 0 Å². The second-order valence-electron chi connectivity index (χ2n) is 3.44. The van der Waals surface area contributed by atoms with Crippen molar-refractivity contribution in [3.63, 3.8) is 0 Å². The Kier molecular flexibility index (Phi) is 2.36. The second-order valence-corrected chi connectivity index (χ2v) is 5.58. The topological polar surface area (TPSA) is 88.1 Å². The molecule has 0 amide bonds. The summed E-state index contributed by atoms with van der Waals surface area (Å²) in [5.41, 5.74) is 0.934. The molecule has 0 aliphatic heterocycles. The van der Waals surface area contributed by atoms with Gasteiger partial charge in [0.1, 0.15) is 5.75 Å². The van der Waals surface area contributed by atoms with Crippen molar-refractivity contribution in [2.45, 2.75) is 5.75 Å². The Morgan fingerprint density at radius 3 is 2.88 bits per heavy atom. The average molecular weight is 236 g/mol. The van der Waals surface area contributed by atoms with Gasteiger partial charge in [0.2, 0.25) is 0 Å². The van der Waals surface area contributed by atoms with Crippen LogP contribution in [0.25, 0.3) is 5.65 Å². The number of pyridine rings is 1. The lowest BCUT2D eigenvalue weighted by Gasteiger charge is -1.97. The van der Waals surface area contributed by atoms with E-state index in [1.54, 1.807) is 22.7 Å². The van der Waals surface area contributed by atoms with Gasteiger partial charge in [-0.3, -0.25) is 4.40 Å². The third-order valence-electron chi connectivity index (χ3n) is 2.00. The Morgan fingerprint density at radius 2 is 2.25 bits per heavy atom. The molecule has 0 aromatic carbocycles. The Morgan fingerprint density at radius 1 is 1.50 bits per heavy atom. The molecule has 0 fully saturated rings. The summed E-state index contributed by atoms with van der Waals surface area (Å²) in [5, 5.41) is 16.3. The van der Waals surface area contributed by atoms with Gasteiger partial charge in [0.05, 0.1) is 11.6 Å². The summed E-state index contributed by atoms with van der Waals surface area (Å²) in [6.45, 7) is 0. The third kappa shape index (κ3) is 2.01. The summed E-state index contributed by atoms with van der Waals surface area (Å²) in [5.74, 6) is 0.182. The predicted molar refractivity (Wildman–Crippen MR) is 56.2 cm³/mol. The summed E-state index contributed by atoms with van der Waals surface area (Å²) < 4.78 is 23.8. The number of fused-ring (bicyclic) bond motifs is 1. The first kappa shape index (κ1) is 10.6. The summed E-state index contributed by atoms with van der Waals surface area (Å²) in [6, 6.07) is 5.12. The van der Waals surface area contributed by atoms with Crippen molar-refractivity contribution in [2.75, 3.05) is 6.26 Å². The van der Waals surface area contributed by atoms with Crippen LogP contribution in [0, 0.1) is 11.3 Å². The highest BCUT2D eigenvalue weighted by molar-refractivity contribution is 7.89. The van der Waals surface area contributed by atoms with Crippen molar-refractivity contribution >= 4 is 15.5 Å². The van der Waals surface area contributed by atoms with Crippen LogP contribution in [0.1, 0.15) is 11.4 Å². The number of nitrogens with zero attached hydrogens (tertiary/aromatic N) is 4. The zero-order valence-electron chi connectivity index (χ0n) is 8.45. The van der Waals surface area contributed by atoms with E-state index in [0.717, 1.165) is 6.26 Å². The Labute approximate surface area is 92.1 Å². The van der Waals surface area contributed by atoms with E-state index >= 15 is 0 Å². The molecule has 2 aromatic rings. The van der Waals surface area contributed by atoms with Crippen LogP contribution in [0.5, 0.6) is 0 Å². The number of rotatable bonds is 2. The molecule has 2 heterocycles. The maximum Gasteiger partial charge on any atom is 0.162 e. The molecular formula is C9H8N4O2S. The van der Waals surface area contributed by atoms with E-state index in [2.05, 4.69) is 10.2 Å². The molecule has 0 saturated carbocycles. The summed E-state index contributed by atoms with van der Waals surface area (Å²) in [4.78, 5) is 0. The number of aromatic nitrogens is 3. The normalized spacial score (nSPS) is 11.5. The number of hydrogen-bond donors (Lipinski definition) is 0. The molecule has 16 heavy (non-hydrogen) atoms. The minimum Gasteiger partial charge on any atom is -0.285 e. The van der Waals surface area contributed by atoms with Gasteiger partial charge in [-0.15, -0.1) is 10.2 Å². The molecular weight excluding hydrogens is 228 g/mol. The van der Waals surface area contributed by atoms with E-state index in [1.165, 1.54) is 0 Å². The van der Waals surface area contributed by atoms with Gasteiger partial charge in [-0.25, -0.2) is 8.42 Å². The van der Waals surface area contributed by atoms with E-state index in [0.29, 0.717) is 17.0 Å². The first-order chi connectivity index (χ1) is 7.49. The first-order valence-corrected chi connectivity index (χ1v) is 6.47. The lowest BCUT2D eigenvalue weighted by atomic mass is 10.3. The number of hydrogen-bond acceptors (Lipinski definition) is 5. The molecule has 0 radical (unpaired) electrons. The molecule has 0 spiro atoms. The fraction of sp³-hybridized carbons (Fsp3) is 0.222. The Bertz CT molecular complexity index is 681. The highest BCUT2D eigenvalue weighted by atomic mass is 32.2. The van der Waals surface area contributed by atoms with Gasteiger partial charge in [-0.05, 0) is 6.07 Å². The molecule has 7 heteroatoms. The van der Waals surface area contributed by atoms with Crippen LogP contribution >= 0.6 is 0 Å². The van der Waals surface area contributed by atoms with E-state index in [4.69, 9.17) is 5.26 Å². The molecule has 82 valence electrons. The van der Waals surface area contributed by atoms with Crippen LogP contribution in [-0.4, -0.2) is 29.3 Å². The summed E-state index contributed by atoms with van der Waals surface area (Å²) in [7, 11) is -3.14. The quantitative estimate of drug-likeness (QED) is 0.740. The van der Waals surface area contributed by atoms with Gasteiger partial charge in [0, 0.05) is 18.5 Å². The van der Waals surface area contributed by atoms with Crippen LogP contribution in [0.4, 0.5) is 0 Å². The average Bonchev–Trinajstić information content (AvgIpc) is 2.58. The standard InChI is InChI=1S/C9H8N4O2S/c1-16(14,15)6-9-12-11-8-4-7(5-10)2-3-13(8)9/h2-4H,6H2,1H3. The molecule has 0 N–H and O–H groups in total. The Hall–Kier alpha value is -1.94. The lowest BCUT2D eigenvalue weighted by molar-refractivity contribution is 0.599. The fourth-order valence-corrected chi connectivity index (χ4v) is 2.01. The number of sulfone groups is 1. The number of nitriles is 1. The lowest BCUT2D eigenvalue weighted by Crippen LogP contribution is -2.04. The van der Waals surface area contributed by atoms with Crippen LogP contribution < -0.4 is 0 Å². The Balaban J connectivity index is 2.55. The molecule has 0 aliphatic rings. The maximum absolute atomic E-state index is 11.1. The van der Waals surface area contributed by atoms with Crippen LogP contribution in [0.2, 0.25) is 0 Å². The van der Waals surface area contributed by atoms with E-state index in [1.807, 2.05) is 6.07 Å². The maximum atomic E-state index is 11.1. The molecule has 0 unspecified atom stereocenters. The second kappa shape index (κ2) is 3.57. The largest absolute Gasteiger partial charge is 0.285 e. The van der Waals surface area contributed by atoms with E-state index in [-0.39, 0.29) is 5.75 Å². The van der Waals surface area contributed by atoms with Crippen molar-refractivity contribution in [2.24, 2.45) is 0 Å². The highest BCUT2D eigenvalue weighted by Gasteiger charge is 2.11. The minimum absolute atomic E-state index is 0.167. The first-order valence-electron chi connectivity index (χ1n) is 4.41. The smallest absolute Gasteiger partial charge is 0.162 e. The van der Waals surface area contributed by atoms with Crippen molar-refractivity contribution in [3.05, 3.63) is 29.7 Å². The van der Waals surface area contributed by atoms with Crippen molar-refractivity contribution in [1.29, 1.82) is 5.26 Å². The van der Waals surface area contributed by atoms with Crippen molar-refractivity contribution in [3.8, 4) is 6.07 Å². The third-order valence-corrected chi connectivity index (χ3v) is 2.78. The monoisotopic (exact) mass is 236 g/mol. The van der Waals surface area contributed by atoms with E-state index < -0.39 is 9.84 Å². The minimum atomic E-state index is -3.14. The van der Waals surface area contributed by atoms with Gasteiger partial charge in [-0.1, -0.05) is 0 Å². The highest BCUT2D eigenvalue weighted by Crippen LogP contribution is 2.08. The van der Waals surface area contributed by atoms with Crippen molar-refractivity contribution < 1.29 is 8.42 Å². The van der Waals surface area contributed by atoms with Crippen molar-refractivity contribution in [1.82, 2.24) is 14.6 Å². The molecule has 6 nitrogen and oxygen atoms in total. The summed E-state index contributed by atoms with van der Waals surface area (Å²) >= 11 is 0. The van der Waals surface area contributed by atoms with Crippen LogP contribution in [0.3, 0.4) is 0 Å². The zero-order valence-corrected chi connectivity index (χ0v) is 9.27. The van der Waals surface area contributed by atoms with Gasteiger partial charge < -0.3 is 0 Å². The molecule has 0 atom stereocenters. The molecule has 0 aliphatic carbocycles. The molecule has 2 aromatic heterocycles. The summed E-state index contributed by atoms with van der Waals surface area (Å²) in [6.07, 6.45) is 2.73. The van der Waals surface area contributed by atoms with Gasteiger partial charge in [0.15, 0.2) is 21.3 Å². The van der Waals surface area contributed by atoms with Gasteiger partial charge >= 0.3 is 0 Å². The van der Waals surface area contributed by atoms with Gasteiger partial charge in [-0.2, -0.15) is 5.26 Å². The molecule has 0 saturated heterocycles. The predicted octanol–water partition coefficient (Wildman–Crippen LogP) is 0.146. The van der Waals surface area contributed by atoms with Crippen LogP contribution in [0.15, 0.2) is 18.3 Å².